The highest BCUT2D eigenvalue weighted by Crippen LogP contribution is 2.49. The monoisotopic (exact) mass is 224 g/mol. The molecule has 64 valence electrons. The Morgan fingerprint density at radius 1 is 1.33 bits per heavy atom. The summed E-state index contributed by atoms with van der Waals surface area (Å²) in [7, 11) is 0. The highest BCUT2D eigenvalue weighted by atomic mass is 79.9. The highest BCUT2D eigenvalue weighted by molar-refractivity contribution is 9.10. The van der Waals surface area contributed by atoms with E-state index >= 15 is 0 Å². The first kappa shape index (κ1) is 8.31. The molecule has 0 atom stereocenters. The van der Waals surface area contributed by atoms with Crippen LogP contribution in [0.1, 0.15) is 30.9 Å². The Balaban J connectivity index is 2.48. The minimum Gasteiger partial charge on any atom is -0.0579 e. The van der Waals surface area contributed by atoms with Gasteiger partial charge in [0.15, 0.2) is 0 Å². The number of aryl methyl sites for hydroxylation is 1. The summed E-state index contributed by atoms with van der Waals surface area (Å²) in [5.41, 5.74) is 3.45. The van der Waals surface area contributed by atoms with E-state index in [0.29, 0.717) is 5.41 Å². The number of rotatable bonds is 1. The topological polar surface area (TPSA) is 0 Å². The normalized spacial score (nSPS) is 19.2. The van der Waals surface area contributed by atoms with E-state index in [9.17, 15) is 0 Å². The van der Waals surface area contributed by atoms with Gasteiger partial charge in [0, 0.05) is 4.47 Å². The van der Waals surface area contributed by atoms with Gasteiger partial charge in [0.05, 0.1) is 0 Å². The molecular formula is C11H13Br. The van der Waals surface area contributed by atoms with Crippen molar-refractivity contribution in [3.63, 3.8) is 0 Å². The molecule has 0 nitrogen and oxygen atoms in total. The molecule has 0 amide bonds. The lowest BCUT2D eigenvalue weighted by atomic mass is 9.94. The first-order valence-corrected chi connectivity index (χ1v) is 5.18. The summed E-state index contributed by atoms with van der Waals surface area (Å²) in [5, 5.41) is 0. The van der Waals surface area contributed by atoms with Crippen LogP contribution in [0.25, 0.3) is 0 Å². The molecule has 0 radical (unpaired) electrons. The first-order chi connectivity index (χ1) is 5.62. The molecule has 0 aliphatic heterocycles. The summed E-state index contributed by atoms with van der Waals surface area (Å²) in [6, 6.07) is 6.58. The minimum atomic E-state index is 0.494. The molecule has 1 aromatic rings. The highest BCUT2D eigenvalue weighted by Gasteiger charge is 2.39. The van der Waals surface area contributed by atoms with Crippen LogP contribution in [0.4, 0.5) is 0 Å². The van der Waals surface area contributed by atoms with E-state index < -0.39 is 0 Å². The standard InChI is InChI=1S/C11H13Br/c1-8-3-4-9(12)7-10(8)11(2)5-6-11/h3-4,7H,5-6H2,1-2H3. The molecule has 0 bridgehead atoms. The SMILES string of the molecule is Cc1ccc(Br)cc1C1(C)CC1. The fraction of sp³-hybridized carbons (Fsp3) is 0.455. The van der Waals surface area contributed by atoms with Crippen LogP contribution < -0.4 is 0 Å². The maximum atomic E-state index is 3.52. The zero-order valence-electron chi connectivity index (χ0n) is 7.52. The predicted octanol–water partition coefficient (Wildman–Crippen LogP) is 3.81. The Labute approximate surface area is 82.1 Å². The Kier molecular flexibility index (Phi) is 1.80. The van der Waals surface area contributed by atoms with Gasteiger partial charge in [-0.2, -0.15) is 0 Å². The van der Waals surface area contributed by atoms with Crippen molar-refractivity contribution in [3.8, 4) is 0 Å². The van der Waals surface area contributed by atoms with E-state index in [1.807, 2.05) is 0 Å². The van der Waals surface area contributed by atoms with Crippen LogP contribution in [0.2, 0.25) is 0 Å². The molecule has 1 fully saturated rings. The fourth-order valence-corrected chi connectivity index (χ4v) is 2.06. The lowest BCUT2D eigenvalue weighted by Gasteiger charge is -2.12. The summed E-state index contributed by atoms with van der Waals surface area (Å²) in [5.74, 6) is 0. The molecule has 0 heterocycles. The summed E-state index contributed by atoms with van der Waals surface area (Å²) >= 11 is 3.52. The molecule has 2 rings (SSSR count). The lowest BCUT2D eigenvalue weighted by molar-refractivity contribution is 0.779. The molecule has 0 unspecified atom stereocenters. The van der Waals surface area contributed by atoms with Gasteiger partial charge in [-0.3, -0.25) is 0 Å². The average molecular weight is 225 g/mol. The Morgan fingerprint density at radius 3 is 2.58 bits per heavy atom. The van der Waals surface area contributed by atoms with Crippen molar-refractivity contribution >= 4 is 15.9 Å². The van der Waals surface area contributed by atoms with Crippen molar-refractivity contribution in [2.75, 3.05) is 0 Å². The molecule has 1 aliphatic carbocycles. The maximum Gasteiger partial charge on any atom is 0.0178 e. The Hall–Kier alpha value is -0.300. The van der Waals surface area contributed by atoms with E-state index in [0.717, 1.165) is 0 Å². The number of hydrogen-bond donors (Lipinski definition) is 0. The lowest BCUT2D eigenvalue weighted by Crippen LogP contribution is -2.02. The second-order valence-corrected chi connectivity index (χ2v) is 4.94. The molecule has 1 heteroatoms. The van der Waals surface area contributed by atoms with Gasteiger partial charge in [0.2, 0.25) is 0 Å². The third-order valence-electron chi connectivity index (χ3n) is 2.85. The van der Waals surface area contributed by atoms with Crippen LogP contribution in [0.3, 0.4) is 0 Å². The number of benzene rings is 1. The molecule has 0 spiro atoms. The van der Waals surface area contributed by atoms with Gasteiger partial charge in [-0.1, -0.05) is 28.9 Å². The van der Waals surface area contributed by atoms with Crippen LogP contribution in [0.15, 0.2) is 22.7 Å². The number of hydrogen-bond acceptors (Lipinski definition) is 0. The molecule has 0 aromatic heterocycles. The van der Waals surface area contributed by atoms with E-state index in [1.54, 1.807) is 0 Å². The summed E-state index contributed by atoms with van der Waals surface area (Å²) in [6.07, 6.45) is 2.70. The van der Waals surface area contributed by atoms with Gasteiger partial charge < -0.3 is 0 Å². The van der Waals surface area contributed by atoms with Crippen LogP contribution in [0, 0.1) is 6.92 Å². The molecule has 1 saturated carbocycles. The van der Waals surface area contributed by atoms with Gasteiger partial charge >= 0.3 is 0 Å². The van der Waals surface area contributed by atoms with E-state index in [4.69, 9.17) is 0 Å². The van der Waals surface area contributed by atoms with Gasteiger partial charge in [-0.15, -0.1) is 0 Å². The van der Waals surface area contributed by atoms with Crippen molar-refractivity contribution in [2.24, 2.45) is 0 Å². The predicted molar refractivity (Wildman–Crippen MR) is 55.5 cm³/mol. The van der Waals surface area contributed by atoms with Crippen molar-refractivity contribution in [2.45, 2.75) is 32.1 Å². The minimum absolute atomic E-state index is 0.494. The second-order valence-electron chi connectivity index (χ2n) is 4.02. The fourth-order valence-electron chi connectivity index (χ4n) is 1.70. The van der Waals surface area contributed by atoms with E-state index in [-0.39, 0.29) is 0 Å². The van der Waals surface area contributed by atoms with E-state index in [2.05, 4.69) is 48.0 Å². The van der Waals surface area contributed by atoms with Gasteiger partial charge in [0.25, 0.3) is 0 Å². The zero-order valence-corrected chi connectivity index (χ0v) is 9.11. The van der Waals surface area contributed by atoms with Crippen molar-refractivity contribution < 1.29 is 0 Å². The van der Waals surface area contributed by atoms with Crippen molar-refractivity contribution in [1.82, 2.24) is 0 Å². The summed E-state index contributed by atoms with van der Waals surface area (Å²) < 4.78 is 1.20. The Bertz CT molecular complexity index is 311. The van der Waals surface area contributed by atoms with Crippen molar-refractivity contribution in [3.05, 3.63) is 33.8 Å². The molecular weight excluding hydrogens is 212 g/mol. The first-order valence-electron chi connectivity index (χ1n) is 4.38. The third kappa shape index (κ3) is 1.31. The Morgan fingerprint density at radius 2 is 2.00 bits per heavy atom. The average Bonchev–Trinajstić information content (AvgIpc) is 2.75. The quantitative estimate of drug-likeness (QED) is 0.681. The molecule has 1 aliphatic rings. The van der Waals surface area contributed by atoms with Gasteiger partial charge in [-0.25, -0.2) is 0 Å². The molecule has 0 saturated heterocycles. The van der Waals surface area contributed by atoms with Gasteiger partial charge in [-0.05, 0) is 48.4 Å². The van der Waals surface area contributed by atoms with E-state index in [1.165, 1.54) is 28.4 Å². The van der Waals surface area contributed by atoms with Gasteiger partial charge in [0.1, 0.15) is 0 Å². The van der Waals surface area contributed by atoms with Crippen LogP contribution in [0.5, 0.6) is 0 Å². The second kappa shape index (κ2) is 2.59. The smallest absolute Gasteiger partial charge is 0.0178 e. The molecule has 12 heavy (non-hydrogen) atoms. The maximum absolute atomic E-state index is 3.52. The van der Waals surface area contributed by atoms with Crippen LogP contribution in [-0.2, 0) is 5.41 Å². The largest absolute Gasteiger partial charge is 0.0579 e. The third-order valence-corrected chi connectivity index (χ3v) is 3.34. The summed E-state index contributed by atoms with van der Waals surface area (Å²) in [4.78, 5) is 0. The van der Waals surface area contributed by atoms with Crippen LogP contribution >= 0.6 is 15.9 Å². The van der Waals surface area contributed by atoms with Crippen LogP contribution in [-0.4, -0.2) is 0 Å². The van der Waals surface area contributed by atoms with Crippen molar-refractivity contribution in [1.29, 1.82) is 0 Å². The summed E-state index contributed by atoms with van der Waals surface area (Å²) in [6.45, 7) is 4.55. The molecule has 1 aromatic carbocycles. The number of halogens is 1. The zero-order chi connectivity index (χ0) is 8.77. The molecule has 0 N–H and O–H groups in total.